The number of carbonyl (C=O) groups is 1. The van der Waals surface area contributed by atoms with Crippen LogP contribution in [-0.2, 0) is 11.2 Å². The van der Waals surface area contributed by atoms with E-state index in [0.29, 0.717) is 16.7 Å². The Bertz CT molecular complexity index is 699. The number of benzene rings is 2. The van der Waals surface area contributed by atoms with Crippen molar-refractivity contribution in [1.29, 1.82) is 0 Å². The van der Waals surface area contributed by atoms with Crippen LogP contribution >= 0.6 is 11.6 Å². The molecule has 0 aromatic heterocycles. The SMILES string of the molecule is O=C(O)Cc1cccc(-c2cccc(OC(F)(F)F)c2)c1Cl. The summed E-state index contributed by atoms with van der Waals surface area (Å²) >= 11 is 6.15. The fourth-order valence-corrected chi connectivity index (χ4v) is 2.26. The summed E-state index contributed by atoms with van der Waals surface area (Å²) in [6, 6.07) is 10.1. The van der Waals surface area contributed by atoms with Crippen molar-refractivity contribution in [3.05, 3.63) is 53.1 Å². The molecule has 0 aliphatic carbocycles. The zero-order valence-electron chi connectivity index (χ0n) is 11.0. The molecule has 22 heavy (non-hydrogen) atoms. The Labute approximate surface area is 128 Å². The zero-order valence-corrected chi connectivity index (χ0v) is 11.8. The minimum atomic E-state index is -4.78. The van der Waals surface area contributed by atoms with Gasteiger partial charge in [-0.05, 0) is 23.3 Å². The second kappa shape index (κ2) is 6.27. The largest absolute Gasteiger partial charge is 0.573 e. The van der Waals surface area contributed by atoms with Gasteiger partial charge in [0, 0.05) is 5.56 Å². The number of hydrogen-bond donors (Lipinski definition) is 1. The van der Waals surface area contributed by atoms with Gasteiger partial charge in [0.1, 0.15) is 5.75 Å². The molecule has 7 heteroatoms. The first-order chi connectivity index (χ1) is 10.3. The van der Waals surface area contributed by atoms with E-state index >= 15 is 0 Å². The summed E-state index contributed by atoms with van der Waals surface area (Å²) in [5, 5.41) is 9.01. The lowest BCUT2D eigenvalue weighted by molar-refractivity contribution is -0.274. The third kappa shape index (κ3) is 4.14. The Kier molecular flexibility index (Phi) is 4.61. The molecule has 0 saturated carbocycles. The summed E-state index contributed by atoms with van der Waals surface area (Å²) in [6.45, 7) is 0. The van der Waals surface area contributed by atoms with Gasteiger partial charge < -0.3 is 9.84 Å². The van der Waals surface area contributed by atoms with E-state index < -0.39 is 12.3 Å². The van der Waals surface area contributed by atoms with E-state index in [2.05, 4.69) is 4.74 Å². The highest BCUT2D eigenvalue weighted by Gasteiger charge is 2.31. The molecule has 1 N–H and O–H groups in total. The number of ether oxygens (including phenoxy) is 1. The molecule has 0 amide bonds. The molecule has 2 rings (SSSR count). The van der Waals surface area contributed by atoms with Crippen LogP contribution in [0.4, 0.5) is 13.2 Å². The van der Waals surface area contributed by atoms with Crippen LogP contribution in [-0.4, -0.2) is 17.4 Å². The number of alkyl halides is 3. The van der Waals surface area contributed by atoms with Gasteiger partial charge >= 0.3 is 12.3 Å². The molecule has 2 aromatic carbocycles. The standard InChI is InChI=1S/C15H10ClF3O3/c16-14-10(8-13(20)21)4-2-6-12(14)9-3-1-5-11(7-9)22-15(17,18)19/h1-7H,8H2,(H,20,21). The van der Waals surface area contributed by atoms with Crippen LogP contribution in [0.5, 0.6) is 5.75 Å². The van der Waals surface area contributed by atoms with Crippen molar-refractivity contribution in [3.8, 4) is 16.9 Å². The minimum Gasteiger partial charge on any atom is -0.481 e. The highest BCUT2D eigenvalue weighted by atomic mass is 35.5. The fraction of sp³-hybridized carbons (Fsp3) is 0.133. The second-order valence-corrected chi connectivity index (χ2v) is 4.80. The van der Waals surface area contributed by atoms with E-state index in [1.54, 1.807) is 24.3 Å². The smallest absolute Gasteiger partial charge is 0.481 e. The summed E-state index contributed by atoms with van der Waals surface area (Å²) in [7, 11) is 0. The highest BCUT2D eigenvalue weighted by molar-refractivity contribution is 6.34. The van der Waals surface area contributed by atoms with Gasteiger partial charge in [-0.3, -0.25) is 4.79 Å². The van der Waals surface area contributed by atoms with Crippen LogP contribution in [0.2, 0.25) is 5.02 Å². The molecule has 0 spiro atoms. The van der Waals surface area contributed by atoms with Gasteiger partial charge in [-0.25, -0.2) is 0 Å². The van der Waals surface area contributed by atoms with Crippen LogP contribution in [0.25, 0.3) is 11.1 Å². The summed E-state index contributed by atoms with van der Waals surface area (Å²) in [4.78, 5) is 10.8. The lowest BCUT2D eigenvalue weighted by Crippen LogP contribution is -2.17. The van der Waals surface area contributed by atoms with Gasteiger partial charge in [-0.15, -0.1) is 13.2 Å². The van der Waals surface area contributed by atoms with E-state index in [0.717, 1.165) is 0 Å². The van der Waals surface area contributed by atoms with Crippen molar-refractivity contribution >= 4 is 17.6 Å². The fourth-order valence-electron chi connectivity index (χ4n) is 1.96. The predicted octanol–water partition coefficient (Wildman–Crippen LogP) is 4.53. The maximum absolute atomic E-state index is 12.2. The van der Waals surface area contributed by atoms with Crippen LogP contribution in [0.15, 0.2) is 42.5 Å². The Morgan fingerprint density at radius 3 is 2.50 bits per heavy atom. The van der Waals surface area contributed by atoms with Gasteiger partial charge in [0.2, 0.25) is 0 Å². The Hall–Kier alpha value is -2.21. The molecule has 0 bridgehead atoms. The molecule has 3 nitrogen and oxygen atoms in total. The minimum absolute atomic E-state index is 0.189. The van der Waals surface area contributed by atoms with Crippen molar-refractivity contribution in [2.75, 3.05) is 0 Å². The highest BCUT2D eigenvalue weighted by Crippen LogP contribution is 2.34. The molecular weight excluding hydrogens is 321 g/mol. The van der Waals surface area contributed by atoms with Crippen molar-refractivity contribution < 1.29 is 27.8 Å². The van der Waals surface area contributed by atoms with Crippen LogP contribution in [0.3, 0.4) is 0 Å². The summed E-state index contributed by atoms with van der Waals surface area (Å²) < 4.78 is 40.6. The van der Waals surface area contributed by atoms with Crippen molar-refractivity contribution in [3.63, 3.8) is 0 Å². The normalized spacial score (nSPS) is 11.3. The topological polar surface area (TPSA) is 46.5 Å². The third-order valence-electron chi connectivity index (χ3n) is 2.80. The quantitative estimate of drug-likeness (QED) is 0.895. The number of aliphatic carboxylic acids is 1. The van der Waals surface area contributed by atoms with Crippen molar-refractivity contribution in [2.45, 2.75) is 12.8 Å². The lowest BCUT2D eigenvalue weighted by atomic mass is 10.0. The van der Waals surface area contributed by atoms with Crippen molar-refractivity contribution in [2.24, 2.45) is 0 Å². The summed E-state index contributed by atoms with van der Waals surface area (Å²) in [6.07, 6.45) is -5.06. The monoisotopic (exact) mass is 330 g/mol. The van der Waals surface area contributed by atoms with Crippen LogP contribution in [0.1, 0.15) is 5.56 Å². The molecule has 0 saturated heterocycles. The molecule has 0 unspecified atom stereocenters. The predicted molar refractivity (Wildman–Crippen MR) is 74.9 cm³/mol. The molecule has 2 aromatic rings. The van der Waals surface area contributed by atoms with Gasteiger partial charge in [0.15, 0.2) is 0 Å². The zero-order chi connectivity index (χ0) is 16.3. The average molecular weight is 331 g/mol. The summed E-state index contributed by atoms with van der Waals surface area (Å²) in [5.41, 5.74) is 1.22. The molecule has 116 valence electrons. The molecule has 0 heterocycles. The molecule has 0 atom stereocenters. The van der Waals surface area contributed by atoms with E-state index in [4.69, 9.17) is 16.7 Å². The summed E-state index contributed by atoms with van der Waals surface area (Å²) in [5.74, 6) is -1.42. The molecule has 0 aliphatic rings. The van der Waals surface area contributed by atoms with E-state index in [1.165, 1.54) is 18.2 Å². The Morgan fingerprint density at radius 2 is 1.86 bits per heavy atom. The van der Waals surface area contributed by atoms with E-state index in [-0.39, 0.29) is 17.2 Å². The third-order valence-corrected chi connectivity index (χ3v) is 3.25. The molecule has 0 fully saturated rings. The molecule has 0 aliphatic heterocycles. The van der Waals surface area contributed by atoms with E-state index in [1.807, 2.05) is 0 Å². The average Bonchev–Trinajstić information content (AvgIpc) is 2.39. The first-order valence-corrected chi connectivity index (χ1v) is 6.49. The maximum Gasteiger partial charge on any atom is 0.573 e. The first-order valence-electron chi connectivity index (χ1n) is 6.11. The number of carboxylic acids is 1. The van der Waals surface area contributed by atoms with Crippen molar-refractivity contribution in [1.82, 2.24) is 0 Å². The van der Waals surface area contributed by atoms with Gasteiger partial charge in [0.25, 0.3) is 0 Å². The number of rotatable bonds is 4. The number of hydrogen-bond acceptors (Lipinski definition) is 2. The molecular formula is C15H10ClF3O3. The van der Waals surface area contributed by atoms with Crippen LogP contribution < -0.4 is 4.74 Å². The van der Waals surface area contributed by atoms with Gasteiger partial charge in [-0.2, -0.15) is 0 Å². The van der Waals surface area contributed by atoms with E-state index in [9.17, 15) is 18.0 Å². The lowest BCUT2D eigenvalue weighted by Gasteiger charge is -2.12. The van der Waals surface area contributed by atoms with Gasteiger partial charge in [0.05, 0.1) is 11.4 Å². The second-order valence-electron chi connectivity index (χ2n) is 4.42. The Morgan fingerprint density at radius 1 is 1.18 bits per heavy atom. The maximum atomic E-state index is 12.2. The first kappa shape index (κ1) is 16.2. The number of carboxylic acid groups (broad SMARTS) is 1. The Balaban J connectivity index is 2.40. The van der Waals surface area contributed by atoms with Crippen LogP contribution in [0, 0.1) is 0 Å². The number of halogens is 4. The van der Waals surface area contributed by atoms with Gasteiger partial charge in [-0.1, -0.05) is 41.9 Å². The molecule has 0 radical (unpaired) electrons.